The largest absolute Gasteiger partial charge is 0.360 e. The van der Waals surface area contributed by atoms with E-state index < -0.39 is 4.92 Å². The van der Waals surface area contributed by atoms with E-state index in [1.165, 1.54) is 44.2 Å². The van der Waals surface area contributed by atoms with E-state index in [1.54, 1.807) is 12.1 Å². The number of non-ortho nitro benzene ring substituents is 1. The molecule has 0 bridgehead atoms. The fourth-order valence-electron chi connectivity index (χ4n) is 2.62. The second-order valence-electron chi connectivity index (χ2n) is 5.44. The molecule has 21 heavy (non-hydrogen) atoms. The molecule has 0 atom stereocenters. The minimum atomic E-state index is -0.408. The molecule has 0 saturated heterocycles. The summed E-state index contributed by atoms with van der Waals surface area (Å²) in [7, 11) is 0. The van der Waals surface area contributed by atoms with Crippen LogP contribution in [0.25, 0.3) is 0 Å². The molecule has 1 aromatic carbocycles. The Morgan fingerprint density at radius 3 is 2.24 bits per heavy atom. The molecule has 1 aromatic rings. The third-order valence-electron chi connectivity index (χ3n) is 3.78. The van der Waals surface area contributed by atoms with Gasteiger partial charge >= 0.3 is 0 Å². The van der Waals surface area contributed by atoms with E-state index in [-0.39, 0.29) is 5.69 Å². The lowest BCUT2D eigenvalue weighted by molar-refractivity contribution is -0.384. The maximum absolute atomic E-state index is 10.6. The van der Waals surface area contributed by atoms with Gasteiger partial charge in [0.2, 0.25) is 0 Å². The maximum Gasteiger partial charge on any atom is 0.269 e. The van der Waals surface area contributed by atoms with Crippen molar-refractivity contribution in [3.63, 3.8) is 0 Å². The molecule has 5 nitrogen and oxygen atoms in total. The summed E-state index contributed by atoms with van der Waals surface area (Å²) in [6.07, 6.45) is 8.76. The van der Waals surface area contributed by atoms with Crippen molar-refractivity contribution >= 4 is 28.7 Å². The first-order chi connectivity index (χ1) is 10.1. The van der Waals surface area contributed by atoms with Crippen LogP contribution in [-0.4, -0.2) is 16.1 Å². The van der Waals surface area contributed by atoms with Gasteiger partial charge in [-0.2, -0.15) is 0 Å². The standard InChI is InChI=1S/C15H21N3O2S/c19-18(20)14-10-8-13(9-11-14)17-15(21)16-12-6-4-2-1-3-5-7-12/h8-12H,1-7H2,(H2,16,17,21). The molecular formula is C15H21N3O2S. The van der Waals surface area contributed by atoms with Crippen LogP contribution in [0.3, 0.4) is 0 Å². The summed E-state index contributed by atoms with van der Waals surface area (Å²) in [4.78, 5) is 10.2. The SMILES string of the molecule is O=[N+]([O-])c1ccc(NC(=S)NC2CCCCCCC2)cc1. The van der Waals surface area contributed by atoms with Gasteiger partial charge in [0.15, 0.2) is 5.11 Å². The Kier molecular flexibility index (Phi) is 5.92. The number of anilines is 1. The number of hydrogen-bond acceptors (Lipinski definition) is 3. The highest BCUT2D eigenvalue weighted by molar-refractivity contribution is 7.80. The van der Waals surface area contributed by atoms with Gasteiger partial charge in [0.25, 0.3) is 5.69 Å². The third-order valence-corrected chi connectivity index (χ3v) is 4.00. The van der Waals surface area contributed by atoms with Crippen LogP contribution in [0, 0.1) is 10.1 Å². The Bertz CT molecular complexity index is 482. The Morgan fingerprint density at radius 1 is 1.10 bits per heavy atom. The van der Waals surface area contributed by atoms with E-state index in [0.29, 0.717) is 11.2 Å². The van der Waals surface area contributed by atoms with E-state index in [2.05, 4.69) is 10.6 Å². The number of nitrogens with zero attached hydrogens (tertiary/aromatic N) is 1. The molecule has 0 heterocycles. The zero-order valence-electron chi connectivity index (χ0n) is 12.0. The molecule has 0 unspecified atom stereocenters. The number of benzene rings is 1. The summed E-state index contributed by atoms with van der Waals surface area (Å²) in [5, 5.41) is 17.6. The predicted molar refractivity (Wildman–Crippen MR) is 88.6 cm³/mol. The minimum Gasteiger partial charge on any atom is -0.360 e. The molecule has 114 valence electrons. The lowest BCUT2D eigenvalue weighted by Crippen LogP contribution is -2.38. The van der Waals surface area contributed by atoms with Crippen molar-refractivity contribution in [2.75, 3.05) is 5.32 Å². The Hall–Kier alpha value is -1.69. The minimum absolute atomic E-state index is 0.0828. The van der Waals surface area contributed by atoms with Crippen molar-refractivity contribution in [1.82, 2.24) is 5.32 Å². The first-order valence-corrected chi connectivity index (χ1v) is 7.88. The van der Waals surface area contributed by atoms with E-state index in [1.807, 2.05) is 0 Å². The first kappa shape index (κ1) is 15.7. The molecule has 1 fully saturated rings. The molecule has 1 aliphatic rings. The lowest BCUT2D eigenvalue weighted by Gasteiger charge is -2.22. The molecule has 2 rings (SSSR count). The zero-order valence-corrected chi connectivity index (χ0v) is 12.8. The molecule has 6 heteroatoms. The van der Waals surface area contributed by atoms with Crippen molar-refractivity contribution < 1.29 is 4.92 Å². The summed E-state index contributed by atoms with van der Waals surface area (Å²) < 4.78 is 0. The van der Waals surface area contributed by atoms with Gasteiger partial charge in [0.1, 0.15) is 0 Å². The maximum atomic E-state index is 10.6. The Labute approximate surface area is 130 Å². The van der Waals surface area contributed by atoms with Gasteiger partial charge < -0.3 is 10.6 Å². The van der Waals surface area contributed by atoms with E-state index in [4.69, 9.17) is 12.2 Å². The van der Waals surface area contributed by atoms with Crippen LogP contribution in [0.1, 0.15) is 44.9 Å². The average Bonchev–Trinajstić information content (AvgIpc) is 2.42. The highest BCUT2D eigenvalue weighted by atomic mass is 32.1. The number of nitro groups is 1. The topological polar surface area (TPSA) is 67.2 Å². The normalized spacial score (nSPS) is 16.6. The molecule has 0 aromatic heterocycles. The Morgan fingerprint density at radius 2 is 1.67 bits per heavy atom. The van der Waals surface area contributed by atoms with Crippen molar-refractivity contribution in [3.8, 4) is 0 Å². The van der Waals surface area contributed by atoms with Crippen LogP contribution in [-0.2, 0) is 0 Å². The average molecular weight is 307 g/mol. The lowest BCUT2D eigenvalue weighted by atomic mass is 9.97. The molecule has 0 amide bonds. The monoisotopic (exact) mass is 307 g/mol. The fraction of sp³-hybridized carbons (Fsp3) is 0.533. The summed E-state index contributed by atoms with van der Waals surface area (Å²) >= 11 is 5.32. The van der Waals surface area contributed by atoms with Crippen LogP contribution in [0.4, 0.5) is 11.4 Å². The second-order valence-corrected chi connectivity index (χ2v) is 5.85. The van der Waals surface area contributed by atoms with Gasteiger partial charge in [-0.15, -0.1) is 0 Å². The number of hydrogen-bond donors (Lipinski definition) is 2. The third kappa shape index (κ3) is 5.30. The number of rotatable bonds is 3. The van der Waals surface area contributed by atoms with E-state index in [0.717, 1.165) is 18.5 Å². The molecule has 0 spiro atoms. The van der Waals surface area contributed by atoms with Crippen molar-refractivity contribution in [2.24, 2.45) is 0 Å². The van der Waals surface area contributed by atoms with Gasteiger partial charge in [-0.25, -0.2) is 0 Å². The fourth-order valence-corrected chi connectivity index (χ4v) is 2.90. The van der Waals surface area contributed by atoms with Crippen molar-refractivity contribution in [3.05, 3.63) is 34.4 Å². The van der Waals surface area contributed by atoms with Gasteiger partial charge in [0, 0.05) is 23.9 Å². The van der Waals surface area contributed by atoms with Crippen molar-refractivity contribution in [2.45, 2.75) is 51.0 Å². The summed E-state index contributed by atoms with van der Waals surface area (Å²) in [5.74, 6) is 0. The van der Waals surface area contributed by atoms with Crippen LogP contribution in [0.15, 0.2) is 24.3 Å². The first-order valence-electron chi connectivity index (χ1n) is 7.47. The van der Waals surface area contributed by atoms with Crippen LogP contribution in [0.2, 0.25) is 0 Å². The smallest absolute Gasteiger partial charge is 0.269 e. The summed E-state index contributed by atoms with van der Waals surface area (Å²) in [6, 6.07) is 6.72. The number of nitrogens with one attached hydrogen (secondary N) is 2. The quantitative estimate of drug-likeness (QED) is 0.502. The van der Waals surface area contributed by atoms with Crippen LogP contribution >= 0.6 is 12.2 Å². The van der Waals surface area contributed by atoms with Gasteiger partial charge in [-0.3, -0.25) is 10.1 Å². The second kappa shape index (κ2) is 7.93. The summed E-state index contributed by atoms with van der Waals surface area (Å²) in [5.41, 5.74) is 0.850. The van der Waals surface area contributed by atoms with Crippen LogP contribution in [0.5, 0.6) is 0 Å². The van der Waals surface area contributed by atoms with Crippen LogP contribution < -0.4 is 10.6 Å². The highest BCUT2D eigenvalue weighted by Gasteiger charge is 2.12. The zero-order chi connectivity index (χ0) is 15.1. The van der Waals surface area contributed by atoms with Crippen molar-refractivity contribution in [1.29, 1.82) is 0 Å². The number of thiocarbonyl (C=S) groups is 1. The molecule has 0 aliphatic heterocycles. The number of nitro benzene ring substituents is 1. The highest BCUT2D eigenvalue weighted by Crippen LogP contribution is 2.18. The molecule has 1 aliphatic carbocycles. The predicted octanol–water partition coefficient (Wildman–Crippen LogP) is 3.99. The van der Waals surface area contributed by atoms with E-state index in [9.17, 15) is 10.1 Å². The molecule has 1 saturated carbocycles. The van der Waals surface area contributed by atoms with E-state index >= 15 is 0 Å². The summed E-state index contributed by atoms with van der Waals surface area (Å²) in [6.45, 7) is 0. The van der Waals surface area contributed by atoms with Gasteiger partial charge in [-0.1, -0.05) is 32.1 Å². The van der Waals surface area contributed by atoms with Gasteiger partial charge in [0.05, 0.1) is 4.92 Å². The molecular weight excluding hydrogens is 286 g/mol. The molecule has 0 radical (unpaired) electrons. The van der Waals surface area contributed by atoms with Gasteiger partial charge in [-0.05, 0) is 37.2 Å². The molecule has 2 N–H and O–H groups in total. The Balaban J connectivity index is 1.84.